The van der Waals surface area contributed by atoms with Crippen LogP contribution in [0.3, 0.4) is 0 Å². The Bertz CT molecular complexity index is 442. The number of rotatable bonds is 6. The van der Waals surface area contributed by atoms with Crippen molar-refractivity contribution in [1.82, 2.24) is 10.6 Å². The van der Waals surface area contributed by atoms with E-state index in [1.54, 1.807) is 12.1 Å². The summed E-state index contributed by atoms with van der Waals surface area (Å²) in [6.45, 7) is 1.04. The van der Waals surface area contributed by atoms with Gasteiger partial charge >= 0.3 is 0 Å². The smallest absolute Gasteiger partial charge is 0.221 e. The van der Waals surface area contributed by atoms with Gasteiger partial charge in [0.2, 0.25) is 5.91 Å². The maximum absolute atomic E-state index is 13.4. The molecule has 0 atom stereocenters. The fourth-order valence-corrected chi connectivity index (χ4v) is 2.79. The molecule has 0 radical (unpaired) electrons. The van der Waals surface area contributed by atoms with Crippen LogP contribution in [0.5, 0.6) is 0 Å². The van der Waals surface area contributed by atoms with Gasteiger partial charge in [0.1, 0.15) is 5.82 Å². The maximum Gasteiger partial charge on any atom is 0.221 e. The molecule has 1 aromatic rings. The molecule has 2 rings (SSSR count). The SMILES string of the molecule is O=C(CCNCc1ccccc1F)NC1CCCCCC1. The minimum atomic E-state index is -0.201. The predicted molar refractivity (Wildman–Crippen MR) is 82.4 cm³/mol. The number of carbonyl (C=O) groups is 1. The summed E-state index contributed by atoms with van der Waals surface area (Å²) in [6, 6.07) is 7.06. The fourth-order valence-electron chi connectivity index (χ4n) is 2.79. The van der Waals surface area contributed by atoms with Gasteiger partial charge in [0.05, 0.1) is 0 Å². The van der Waals surface area contributed by atoms with Crippen LogP contribution in [0.15, 0.2) is 24.3 Å². The van der Waals surface area contributed by atoms with Crippen LogP contribution in [0.2, 0.25) is 0 Å². The Kier molecular flexibility index (Phi) is 6.67. The van der Waals surface area contributed by atoms with Crippen molar-refractivity contribution in [1.29, 1.82) is 0 Å². The molecule has 116 valence electrons. The molecule has 4 heteroatoms. The summed E-state index contributed by atoms with van der Waals surface area (Å²) >= 11 is 0. The Balaban J connectivity index is 1.62. The molecule has 0 heterocycles. The lowest BCUT2D eigenvalue weighted by Gasteiger charge is -2.16. The Morgan fingerprint density at radius 1 is 1.14 bits per heavy atom. The van der Waals surface area contributed by atoms with E-state index in [2.05, 4.69) is 10.6 Å². The summed E-state index contributed by atoms with van der Waals surface area (Å²) in [4.78, 5) is 11.9. The zero-order valence-corrected chi connectivity index (χ0v) is 12.5. The highest BCUT2D eigenvalue weighted by Gasteiger charge is 2.14. The molecule has 0 unspecified atom stereocenters. The minimum Gasteiger partial charge on any atom is -0.353 e. The van der Waals surface area contributed by atoms with Crippen LogP contribution >= 0.6 is 0 Å². The van der Waals surface area contributed by atoms with Gasteiger partial charge in [-0.05, 0) is 18.9 Å². The van der Waals surface area contributed by atoms with Crippen LogP contribution in [-0.2, 0) is 11.3 Å². The van der Waals surface area contributed by atoms with Gasteiger partial charge in [-0.25, -0.2) is 4.39 Å². The van der Waals surface area contributed by atoms with Crippen molar-refractivity contribution in [3.05, 3.63) is 35.6 Å². The van der Waals surface area contributed by atoms with Crippen LogP contribution in [0, 0.1) is 5.82 Å². The van der Waals surface area contributed by atoms with Crippen molar-refractivity contribution < 1.29 is 9.18 Å². The molecule has 0 spiro atoms. The lowest BCUT2D eigenvalue weighted by atomic mass is 10.1. The summed E-state index contributed by atoms with van der Waals surface area (Å²) in [7, 11) is 0. The standard InChI is InChI=1S/C17H25FN2O/c18-16-10-6-5-7-14(16)13-19-12-11-17(21)20-15-8-3-1-2-4-9-15/h5-7,10,15,19H,1-4,8-9,11-13H2,(H,20,21). The fraction of sp³-hybridized carbons (Fsp3) is 0.588. The van der Waals surface area contributed by atoms with Gasteiger partial charge in [0.15, 0.2) is 0 Å². The Morgan fingerprint density at radius 3 is 2.57 bits per heavy atom. The summed E-state index contributed by atoms with van der Waals surface area (Å²) in [6.07, 6.45) is 7.67. The molecule has 21 heavy (non-hydrogen) atoms. The van der Waals surface area contributed by atoms with E-state index >= 15 is 0 Å². The van der Waals surface area contributed by atoms with Crippen molar-refractivity contribution in [2.24, 2.45) is 0 Å². The molecule has 1 fully saturated rings. The van der Waals surface area contributed by atoms with Crippen molar-refractivity contribution in [2.75, 3.05) is 6.54 Å². The zero-order valence-electron chi connectivity index (χ0n) is 12.5. The number of carbonyl (C=O) groups excluding carboxylic acids is 1. The Labute approximate surface area is 126 Å². The molecular weight excluding hydrogens is 267 g/mol. The van der Waals surface area contributed by atoms with Gasteiger partial charge in [-0.3, -0.25) is 4.79 Å². The lowest BCUT2D eigenvalue weighted by Crippen LogP contribution is -2.36. The summed E-state index contributed by atoms with van der Waals surface area (Å²) in [5, 5.41) is 6.24. The molecule has 1 aliphatic carbocycles. The Hall–Kier alpha value is -1.42. The van der Waals surface area contributed by atoms with Crippen LogP contribution < -0.4 is 10.6 Å². The molecule has 0 saturated heterocycles. The number of nitrogens with one attached hydrogen (secondary N) is 2. The number of hydrogen-bond donors (Lipinski definition) is 2. The highest BCUT2D eigenvalue weighted by atomic mass is 19.1. The second-order valence-electron chi connectivity index (χ2n) is 5.77. The molecule has 1 saturated carbocycles. The average Bonchev–Trinajstić information content (AvgIpc) is 2.74. The third kappa shape index (κ3) is 5.84. The first-order valence-electron chi connectivity index (χ1n) is 7.99. The van der Waals surface area contributed by atoms with Crippen LogP contribution in [-0.4, -0.2) is 18.5 Å². The second-order valence-corrected chi connectivity index (χ2v) is 5.77. The third-order valence-corrected chi connectivity index (χ3v) is 4.02. The average molecular weight is 292 g/mol. The van der Waals surface area contributed by atoms with E-state index in [0.29, 0.717) is 31.1 Å². The van der Waals surface area contributed by atoms with E-state index in [0.717, 1.165) is 12.8 Å². The van der Waals surface area contributed by atoms with Gasteiger partial charge < -0.3 is 10.6 Å². The highest BCUT2D eigenvalue weighted by molar-refractivity contribution is 5.76. The van der Waals surface area contributed by atoms with Gasteiger partial charge in [0, 0.05) is 31.1 Å². The van der Waals surface area contributed by atoms with Crippen molar-refractivity contribution in [2.45, 2.75) is 57.5 Å². The van der Waals surface area contributed by atoms with Crippen LogP contribution in [0.4, 0.5) is 4.39 Å². The molecule has 1 aromatic carbocycles. The number of halogens is 1. The first kappa shape index (κ1) is 16.0. The summed E-state index contributed by atoms with van der Waals surface area (Å²) < 4.78 is 13.4. The zero-order chi connectivity index (χ0) is 14.9. The summed E-state index contributed by atoms with van der Waals surface area (Å²) in [5.74, 6) is -0.101. The second kappa shape index (κ2) is 8.78. The van der Waals surface area contributed by atoms with E-state index in [1.165, 1.54) is 31.7 Å². The van der Waals surface area contributed by atoms with Gasteiger partial charge in [-0.2, -0.15) is 0 Å². The van der Waals surface area contributed by atoms with E-state index in [4.69, 9.17) is 0 Å². The number of amides is 1. The maximum atomic E-state index is 13.4. The number of benzene rings is 1. The number of hydrogen-bond acceptors (Lipinski definition) is 2. The molecule has 2 N–H and O–H groups in total. The normalized spacial score (nSPS) is 16.4. The van der Waals surface area contributed by atoms with Gasteiger partial charge in [-0.1, -0.05) is 43.9 Å². The van der Waals surface area contributed by atoms with Gasteiger partial charge in [-0.15, -0.1) is 0 Å². The quantitative estimate of drug-likeness (QED) is 0.625. The molecule has 0 bridgehead atoms. The van der Waals surface area contributed by atoms with Gasteiger partial charge in [0.25, 0.3) is 0 Å². The monoisotopic (exact) mass is 292 g/mol. The van der Waals surface area contributed by atoms with Crippen LogP contribution in [0.1, 0.15) is 50.5 Å². The molecule has 1 amide bonds. The highest BCUT2D eigenvalue weighted by Crippen LogP contribution is 2.17. The van der Waals surface area contributed by atoms with E-state index in [9.17, 15) is 9.18 Å². The van der Waals surface area contributed by atoms with Crippen LogP contribution in [0.25, 0.3) is 0 Å². The molecular formula is C17H25FN2O. The Morgan fingerprint density at radius 2 is 1.86 bits per heavy atom. The third-order valence-electron chi connectivity index (χ3n) is 4.02. The molecule has 1 aliphatic rings. The van der Waals surface area contributed by atoms with Crippen molar-refractivity contribution >= 4 is 5.91 Å². The molecule has 0 aliphatic heterocycles. The summed E-state index contributed by atoms with van der Waals surface area (Å²) in [5.41, 5.74) is 0.640. The lowest BCUT2D eigenvalue weighted by molar-refractivity contribution is -0.121. The largest absolute Gasteiger partial charge is 0.353 e. The minimum absolute atomic E-state index is 0.0999. The van der Waals surface area contributed by atoms with Crippen molar-refractivity contribution in [3.8, 4) is 0 Å². The van der Waals surface area contributed by atoms with E-state index < -0.39 is 0 Å². The van der Waals surface area contributed by atoms with E-state index in [1.807, 2.05) is 6.07 Å². The van der Waals surface area contributed by atoms with E-state index in [-0.39, 0.29) is 11.7 Å². The first-order valence-corrected chi connectivity index (χ1v) is 7.99. The first-order chi connectivity index (χ1) is 10.3. The van der Waals surface area contributed by atoms with Crippen molar-refractivity contribution in [3.63, 3.8) is 0 Å². The predicted octanol–water partition coefficient (Wildman–Crippen LogP) is 3.14. The topological polar surface area (TPSA) is 41.1 Å². The molecule has 3 nitrogen and oxygen atoms in total. The molecule has 0 aromatic heterocycles.